The second-order valence-corrected chi connectivity index (χ2v) is 2.30. The summed E-state index contributed by atoms with van der Waals surface area (Å²) in [5.41, 5.74) is 0. The first-order chi connectivity index (χ1) is 4.00. The van der Waals surface area contributed by atoms with Crippen molar-refractivity contribution in [3.8, 4) is 0 Å². The first kappa shape index (κ1) is 18.6. The first-order valence-electron chi connectivity index (χ1n) is 1.35. The van der Waals surface area contributed by atoms with Crippen molar-refractivity contribution in [3.05, 3.63) is 0 Å². The molecule has 0 aliphatic rings. The molecule has 0 nitrogen and oxygen atoms in total. The Bertz CT molecular complexity index is 55.1. The zero-order valence-electron chi connectivity index (χ0n) is 4.63. The Morgan fingerprint density at radius 3 is 0.455 bits per heavy atom. The van der Waals surface area contributed by atoms with Crippen molar-refractivity contribution in [1.82, 2.24) is 0 Å². The fraction of sp³-hybridized carbons (Fsp3) is 0. The Morgan fingerprint density at radius 2 is 0.455 bits per heavy atom. The molecule has 0 fully saturated rings. The molecule has 11 heteroatoms. The van der Waals surface area contributed by atoms with Crippen molar-refractivity contribution in [2.75, 3.05) is 0 Å². The van der Waals surface area contributed by atoms with Gasteiger partial charge in [-0.3, -0.25) is 0 Å². The van der Waals surface area contributed by atoms with Gasteiger partial charge in [0.1, 0.15) is 0 Å². The normalized spacial score (nSPS) is 13.8. The maximum atomic E-state index is 9.80. The van der Waals surface area contributed by atoms with Crippen molar-refractivity contribution < 1.29 is 33.6 Å². The van der Waals surface area contributed by atoms with Crippen LogP contribution >= 0.6 is 17.0 Å². The summed E-state index contributed by atoms with van der Waals surface area (Å²) in [5, 5.41) is 0. The van der Waals surface area contributed by atoms with Crippen LogP contribution in [0.5, 0.6) is 0 Å². The number of rotatable bonds is 0. The molecule has 68 valence electrons. The summed E-state index contributed by atoms with van der Waals surface area (Å²) in [6.07, 6.45) is 0. The standard InChI is InChI=1S/Ba.2F4P/c;2*1-5(2,3)4/q+2;2*-1. The second kappa shape index (κ2) is 7.29. The van der Waals surface area contributed by atoms with Gasteiger partial charge in [0.2, 0.25) is 0 Å². The first-order valence-corrected chi connectivity index (χ1v) is 4.06. The maximum absolute atomic E-state index is 9.80. The smallest absolute Gasteiger partial charge is 2.00 e. The van der Waals surface area contributed by atoms with Crippen molar-refractivity contribution in [2.24, 2.45) is 0 Å². The van der Waals surface area contributed by atoms with E-state index >= 15 is 0 Å². The zero-order valence-corrected chi connectivity index (χ0v) is 10.9. The van der Waals surface area contributed by atoms with Crippen molar-refractivity contribution >= 4 is 65.9 Å². The summed E-state index contributed by atoms with van der Waals surface area (Å²) in [6.45, 7) is 0. The number of halogens is 8. The maximum Gasteiger partial charge on any atom is 2.00 e. The van der Waals surface area contributed by atoms with Gasteiger partial charge in [-0.25, -0.2) is 0 Å². The molecule has 0 heterocycles. The van der Waals surface area contributed by atoms with Gasteiger partial charge in [0.15, 0.2) is 0 Å². The Kier molecular flexibility index (Phi) is 12.3. The van der Waals surface area contributed by atoms with Gasteiger partial charge in [0.05, 0.1) is 0 Å². The molecule has 0 amide bonds. The van der Waals surface area contributed by atoms with E-state index in [0.717, 1.165) is 0 Å². The van der Waals surface area contributed by atoms with E-state index in [4.69, 9.17) is 0 Å². The summed E-state index contributed by atoms with van der Waals surface area (Å²) < 4.78 is 78.4. The van der Waals surface area contributed by atoms with E-state index in [-0.39, 0.29) is 48.9 Å². The third-order valence-electron chi connectivity index (χ3n) is 0. The summed E-state index contributed by atoms with van der Waals surface area (Å²) in [6, 6.07) is 0. The van der Waals surface area contributed by atoms with Crippen LogP contribution in [0.2, 0.25) is 0 Å². The molecule has 11 heavy (non-hydrogen) atoms. The molecule has 0 atom stereocenters. The Hall–Kier alpha value is 1.87. The van der Waals surface area contributed by atoms with Crippen LogP contribution in [-0.4, -0.2) is 48.9 Å². The SMILES string of the molecule is F[P-](F)(F)F.F[P-](F)(F)F.[Ba+2]. The minimum absolute atomic E-state index is 0. The quantitative estimate of drug-likeness (QED) is 0.337. The third-order valence-corrected chi connectivity index (χ3v) is 0. The summed E-state index contributed by atoms with van der Waals surface area (Å²) in [5.74, 6) is 0. The predicted octanol–water partition coefficient (Wildman–Crippen LogP) is 4.70. The molecule has 0 aliphatic heterocycles. The minimum Gasteiger partial charge on any atom is 2.00 e. The van der Waals surface area contributed by atoms with Gasteiger partial charge in [-0.1, -0.05) is 0 Å². The molecule has 0 spiro atoms. The fourth-order valence-corrected chi connectivity index (χ4v) is 0. The topological polar surface area (TPSA) is 0 Å². The molecular weight excluding hydrogens is 351 g/mol. The second-order valence-electron chi connectivity index (χ2n) is 0.767. The molecule has 0 aromatic carbocycles. The molecule has 0 unspecified atom stereocenters. The molecule has 0 aromatic rings. The van der Waals surface area contributed by atoms with Crippen molar-refractivity contribution in [2.45, 2.75) is 0 Å². The molecule has 0 rings (SSSR count). The van der Waals surface area contributed by atoms with E-state index in [2.05, 4.69) is 0 Å². The number of hydrogen-bond donors (Lipinski definition) is 0. The van der Waals surface area contributed by atoms with Gasteiger partial charge in [-0.2, -0.15) is 0 Å². The van der Waals surface area contributed by atoms with Crippen LogP contribution in [0.25, 0.3) is 0 Å². The third kappa shape index (κ3) is 330. The Balaban J connectivity index is -0.000000107. The zero-order chi connectivity index (χ0) is 9.00. The van der Waals surface area contributed by atoms with Crippen molar-refractivity contribution in [1.29, 1.82) is 0 Å². The van der Waals surface area contributed by atoms with Crippen LogP contribution in [0.4, 0.5) is 33.6 Å². The van der Waals surface area contributed by atoms with Crippen LogP contribution in [0.1, 0.15) is 0 Å². The van der Waals surface area contributed by atoms with Gasteiger partial charge in [-0.15, -0.1) is 0 Å². The van der Waals surface area contributed by atoms with Gasteiger partial charge >= 0.3 is 99.5 Å². The van der Waals surface area contributed by atoms with Crippen molar-refractivity contribution in [3.63, 3.8) is 0 Å². The fourth-order valence-electron chi connectivity index (χ4n) is 0. The summed E-state index contributed by atoms with van der Waals surface area (Å²) in [7, 11) is -12.8. The van der Waals surface area contributed by atoms with Crippen LogP contribution < -0.4 is 0 Å². The van der Waals surface area contributed by atoms with Gasteiger partial charge in [-0.05, 0) is 0 Å². The summed E-state index contributed by atoms with van der Waals surface area (Å²) >= 11 is 0. The van der Waals surface area contributed by atoms with Crippen LogP contribution in [0.15, 0.2) is 0 Å². The molecule has 0 aliphatic carbocycles. The predicted molar refractivity (Wildman–Crippen MR) is 28.5 cm³/mol. The van der Waals surface area contributed by atoms with E-state index < -0.39 is 17.0 Å². The van der Waals surface area contributed by atoms with Gasteiger partial charge in [0.25, 0.3) is 0 Å². The molecule has 0 saturated carbocycles. The van der Waals surface area contributed by atoms with Gasteiger partial charge < -0.3 is 0 Å². The molecule has 0 radical (unpaired) electrons. The molecule has 0 bridgehead atoms. The van der Waals surface area contributed by atoms with Gasteiger partial charge in [0, 0.05) is 0 Å². The summed E-state index contributed by atoms with van der Waals surface area (Å²) in [4.78, 5) is 0. The Morgan fingerprint density at radius 1 is 0.455 bits per heavy atom. The van der Waals surface area contributed by atoms with E-state index in [0.29, 0.717) is 0 Å². The minimum atomic E-state index is -6.39. The molecule has 0 aromatic heterocycles. The van der Waals surface area contributed by atoms with Crippen LogP contribution in [0, 0.1) is 0 Å². The number of hydrogen-bond acceptors (Lipinski definition) is 0. The van der Waals surface area contributed by atoms with E-state index in [1.807, 2.05) is 0 Å². The molecular formula is BaF8P2. The Labute approximate surface area is 98.4 Å². The van der Waals surface area contributed by atoms with E-state index in [1.165, 1.54) is 0 Å². The molecule has 0 N–H and O–H groups in total. The van der Waals surface area contributed by atoms with E-state index in [9.17, 15) is 33.6 Å². The van der Waals surface area contributed by atoms with Crippen LogP contribution in [0.3, 0.4) is 0 Å². The van der Waals surface area contributed by atoms with Crippen LogP contribution in [-0.2, 0) is 0 Å². The monoisotopic (exact) mass is 352 g/mol. The average Bonchev–Trinajstić information content (AvgIpc) is 1.12. The van der Waals surface area contributed by atoms with E-state index in [1.54, 1.807) is 0 Å². The molecule has 0 saturated heterocycles. The average molecular weight is 351 g/mol. The largest absolute Gasteiger partial charge is 2.00 e.